The molecular formula is C14H13N5OS2. The minimum atomic E-state index is -0.110. The molecule has 1 aliphatic carbocycles. The number of aromatic nitrogens is 2. The molecule has 6 nitrogen and oxygen atoms in total. The number of thioether (sulfide) groups is 1. The van der Waals surface area contributed by atoms with E-state index in [-0.39, 0.29) is 11.7 Å². The van der Waals surface area contributed by atoms with Crippen molar-refractivity contribution in [1.82, 2.24) is 10.2 Å². The van der Waals surface area contributed by atoms with Gasteiger partial charge < -0.3 is 10.6 Å². The standard InChI is InChI=1S/C14H13N5OS2/c15-7-9-1-3-10(4-2-9)16-12(20)8-21-14-19-18-13(22-14)17-11-5-6-11/h1-4,11H,5-6,8H2,(H,16,20)(H,17,18). The van der Waals surface area contributed by atoms with Gasteiger partial charge in [0.25, 0.3) is 0 Å². The van der Waals surface area contributed by atoms with Gasteiger partial charge in [0.2, 0.25) is 11.0 Å². The Balaban J connectivity index is 1.46. The van der Waals surface area contributed by atoms with Crippen LogP contribution >= 0.6 is 23.1 Å². The lowest BCUT2D eigenvalue weighted by Crippen LogP contribution is -2.13. The number of hydrogen-bond donors (Lipinski definition) is 2. The van der Waals surface area contributed by atoms with Crippen LogP contribution in [0.4, 0.5) is 10.8 Å². The fraction of sp³-hybridized carbons (Fsp3) is 0.286. The zero-order valence-electron chi connectivity index (χ0n) is 11.6. The zero-order valence-corrected chi connectivity index (χ0v) is 13.2. The number of amides is 1. The van der Waals surface area contributed by atoms with Crippen LogP contribution in [0.3, 0.4) is 0 Å². The van der Waals surface area contributed by atoms with Crippen molar-refractivity contribution in [2.45, 2.75) is 23.2 Å². The monoisotopic (exact) mass is 331 g/mol. The van der Waals surface area contributed by atoms with Gasteiger partial charge in [-0.3, -0.25) is 4.79 Å². The summed E-state index contributed by atoms with van der Waals surface area (Å²) >= 11 is 2.83. The first-order chi connectivity index (χ1) is 10.7. The number of rotatable bonds is 6. The molecule has 1 aliphatic rings. The maximum absolute atomic E-state index is 11.9. The van der Waals surface area contributed by atoms with Crippen LogP contribution in [-0.2, 0) is 4.79 Å². The Kier molecular flexibility index (Phi) is 4.56. The highest BCUT2D eigenvalue weighted by Gasteiger charge is 2.22. The summed E-state index contributed by atoms with van der Waals surface area (Å²) in [4.78, 5) is 11.9. The van der Waals surface area contributed by atoms with E-state index in [0.717, 1.165) is 9.47 Å². The summed E-state index contributed by atoms with van der Waals surface area (Å²) in [5.41, 5.74) is 1.25. The molecule has 22 heavy (non-hydrogen) atoms. The first-order valence-electron chi connectivity index (χ1n) is 6.76. The fourth-order valence-corrected chi connectivity index (χ4v) is 3.31. The summed E-state index contributed by atoms with van der Waals surface area (Å²) in [6, 6.07) is 9.35. The number of nitrogens with zero attached hydrogens (tertiary/aromatic N) is 3. The summed E-state index contributed by atoms with van der Waals surface area (Å²) in [5, 5.41) is 23.7. The molecule has 3 rings (SSSR count). The van der Waals surface area contributed by atoms with Crippen molar-refractivity contribution in [2.75, 3.05) is 16.4 Å². The van der Waals surface area contributed by atoms with Gasteiger partial charge in [0.1, 0.15) is 0 Å². The van der Waals surface area contributed by atoms with Crippen LogP contribution in [0.1, 0.15) is 18.4 Å². The van der Waals surface area contributed by atoms with Gasteiger partial charge in [0.05, 0.1) is 17.4 Å². The van der Waals surface area contributed by atoms with E-state index in [1.807, 2.05) is 6.07 Å². The molecule has 0 radical (unpaired) electrons. The molecule has 0 atom stereocenters. The van der Waals surface area contributed by atoms with Crippen molar-refractivity contribution in [3.8, 4) is 6.07 Å². The molecular weight excluding hydrogens is 318 g/mol. The SMILES string of the molecule is N#Cc1ccc(NC(=O)CSc2nnc(NC3CC3)s2)cc1. The predicted octanol–water partition coefficient (Wildman–Crippen LogP) is 2.71. The molecule has 1 heterocycles. The first kappa shape index (κ1) is 14.8. The van der Waals surface area contributed by atoms with Crippen molar-refractivity contribution in [2.24, 2.45) is 0 Å². The Morgan fingerprint density at radius 2 is 2.14 bits per heavy atom. The van der Waals surface area contributed by atoms with Crippen LogP contribution in [0, 0.1) is 11.3 Å². The molecule has 0 aliphatic heterocycles. The second kappa shape index (κ2) is 6.77. The Morgan fingerprint density at radius 1 is 1.36 bits per heavy atom. The zero-order chi connectivity index (χ0) is 15.4. The number of nitriles is 1. The fourth-order valence-electron chi connectivity index (χ4n) is 1.68. The smallest absolute Gasteiger partial charge is 0.234 e. The third kappa shape index (κ3) is 4.19. The van der Waals surface area contributed by atoms with Crippen LogP contribution in [0.25, 0.3) is 0 Å². The maximum Gasteiger partial charge on any atom is 0.234 e. The second-order valence-corrected chi connectivity index (χ2v) is 7.02. The number of carbonyl (C=O) groups excluding carboxylic acids is 1. The van der Waals surface area contributed by atoms with E-state index in [1.165, 1.54) is 35.9 Å². The van der Waals surface area contributed by atoms with Gasteiger partial charge in [-0.25, -0.2) is 0 Å². The van der Waals surface area contributed by atoms with Gasteiger partial charge in [-0.1, -0.05) is 23.1 Å². The predicted molar refractivity (Wildman–Crippen MR) is 87.1 cm³/mol. The summed E-state index contributed by atoms with van der Waals surface area (Å²) in [6.07, 6.45) is 2.38. The number of benzene rings is 1. The number of carbonyl (C=O) groups is 1. The molecule has 112 valence electrons. The van der Waals surface area contributed by atoms with E-state index < -0.39 is 0 Å². The highest BCUT2D eigenvalue weighted by atomic mass is 32.2. The third-order valence-corrected chi connectivity index (χ3v) is 4.92. The second-order valence-electron chi connectivity index (χ2n) is 4.82. The molecule has 1 fully saturated rings. The minimum Gasteiger partial charge on any atom is -0.357 e. The largest absolute Gasteiger partial charge is 0.357 e. The average Bonchev–Trinajstić information content (AvgIpc) is 3.23. The van der Waals surface area contributed by atoms with Gasteiger partial charge in [0.15, 0.2) is 4.34 Å². The number of nitrogens with one attached hydrogen (secondary N) is 2. The molecule has 1 aromatic heterocycles. The molecule has 2 N–H and O–H groups in total. The highest BCUT2D eigenvalue weighted by Crippen LogP contribution is 2.30. The Morgan fingerprint density at radius 3 is 2.82 bits per heavy atom. The molecule has 8 heteroatoms. The van der Waals surface area contributed by atoms with E-state index in [0.29, 0.717) is 17.3 Å². The van der Waals surface area contributed by atoms with E-state index in [1.54, 1.807) is 24.3 Å². The van der Waals surface area contributed by atoms with Crippen molar-refractivity contribution in [3.05, 3.63) is 29.8 Å². The quantitative estimate of drug-likeness (QED) is 0.791. The van der Waals surface area contributed by atoms with Gasteiger partial charge >= 0.3 is 0 Å². The molecule has 0 saturated heterocycles. The van der Waals surface area contributed by atoms with Crippen LogP contribution < -0.4 is 10.6 Å². The summed E-state index contributed by atoms with van der Waals surface area (Å²) in [7, 11) is 0. The van der Waals surface area contributed by atoms with E-state index in [9.17, 15) is 4.79 Å². The van der Waals surface area contributed by atoms with Gasteiger partial charge in [-0.05, 0) is 37.1 Å². The number of anilines is 2. The Bertz CT molecular complexity index is 703. The van der Waals surface area contributed by atoms with Crippen LogP contribution in [0.2, 0.25) is 0 Å². The maximum atomic E-state index is 11.9. The normalized spacial score (nSPS) is 13.4. The third-order valence-electron chi connectivity index (χ3n) is 2.94. The van der Waals surface area contributed by atoms with Crippen LogP contribution in [-0.4, -0.2) is 27.9 Å². The van der Waals surface area contributed by atoms with Crippen LogP contribution in [0.5, 0.6) is 0 Å². The van der Waals surface area contributed by atoms with Crippen molar-refractivity contribution in [3.63, 3.8) is 0 Å². The molecule has 1 amide bonds. The molecule has 2 aromatic rings. The van der Waals surface area contributed by atoms with Gasteiger partial charge in [-0.15, -0.1) is 10.2 Å². The molecule has 0 bridgehead atoms. The molecule has 0 unspecified atom stereocenters. The van der Waals surface area contributed by atoms with Gasteiger partial charge in [0, 0.05) is 11.7 Å². The summed E-state index contributed by atoms with van der Waals surface area (Å²) < 4.78 is 0.776. The lowest BCUT2D eigenvalue weighted by Gasteiger charge is -2.03. The van der Waals surface area contributed by atoms with E-state index >= 15 is 0 Å². The first-order valence-corrected chi connectivity index (χ1v) is 8.56. The Labute approximate surface area is 135 Å². The van der Waals surface area contributed by atoms with E-state index in [2.05, 4.69) is 20.8 Å². The highest BCUT2D eigenvalue weighted by molar-refractivity contribution is 8.01. The average molecular weight is 331 g/mol. The molecule has 0 spiro atoms. The van der Waals surface area contributed by atoms with Crippen LogP contribution in [0.15, 0.2) is 28.6 Å². The van der Waals surface area contributed by atoms with Gasteiger partial charge in [-0.2, -0.15) is 5.26 Å². The van der Waals surface area contributed by atoms with E-state index in [4.69, 9.17) is 5.26 Å². The number of hydrogen-bond acceptors (Lipinski definition) is 7. The lowest BCUT2D eigenvalue weighted by molar-refractivity contribution is -0.113. The topological polar surface area (TPSA) is 90.7 Å². The molecule has 1 saturated carbocycles. The lowest BCUT2D eigenvalue weighted by atomic mass is 10.2. The summed E-state index contributed by atoms with van der Waals surface area (Å²) in [6.45, 7) is 0. The van der Waals surface area contributed by atoms with Crippen molar-refractivity contribution in [1.29, 1.82) is 5.26 Å². The minimum absolute atomic E-state index is 0.110. The Hall–Kier alpha value is -2.11. The van der Waals surface area contributed by atoms with Crippen molar-refractivity contribution >= 4 is 39.8 Å². The van der Waals surface area contributed by atoms with Crippen molar-refractivity contribution < 1.29 is 4.79 Å². The summed E-state index contributed by atoms with van der Waals surface area (Å²) in [5.74, 6) is 0.166. The molecule has 1 aromatic carbocycles.